The Morgan fingerprint density at radius 3 is 3.00 bits per heavy atom. The van der Waals surface area contributed by atoms with Crippen molar-refractivity contribution in [1.82, 2.24) is 14.7 Å². The first-order valence-electron chi connectivity index (χ1n) is 5.86. The van der Waals surface area contributed by atoms with E-state index in [0.29, 0.717) is 17.8 Å². The zero-order chi connectivity index (χ0) is 14.0. The van der Waals surface area contributed by atoms with Gasteiger partial charge in [0.15, 0.2) is 0 Å². The first-order chi connectivity index (χ1) is 9.67. The van der Waals surface area contributed by atoms with Gasteiger partial charge in [-0.15, -0.1) is 0 Å². The Morgan fingerprint density at radius 2 is 2.20 bits per heavy atom. The molecule has 0 spiro atoms. The van der Waals surface area contributed by atoms with E-state index >= 15 is 0 Å². The lowest BCUT2D eigenvalue weighted by molar-refractivity contribution is 0.581. The molecule has 2 N–H and O–H groups in total. The van der Waals surface area contributed by atoms with Crippen molar-refractivity contribution in [3.05, 3.63) is 36.4 Å². The van der Waals surface area contributed by atoms with Crippen LogP contribution < -0.4 is 4.72 Å². The minimum Gasteiger partial charge on any atom is -0.349 e. The third-order valence-corrected chi connectivity index (χ3v) is 4.78. The van der Waals surface area contributed by atoms with Gasteiger partial charge in [-0.05, 0) is 12.1 Å². The molecule has 0 saturated carbocycles. The molecule has 0 radical (unpaired) electrons. The first-order valence-corrected chi connectivity index (χ1v) is 8.07. The van der Waals surface area contributed by atoms with Crippen LogP contribution in [0.1, 0.15) is 5.82 Å². The maximum absolute atomic E-state index is 12.3. The quantitative estimate of drug-likeness (QED) is 0.749. The van der Waals surface area contributed by atoms with E-state index in [1.165, 1.54) is 6.07 Å². The summed E-state index contributed by atoms with van der Waals surface area (Å²) in [5.74, 6) is 0.737. The van der Waals surface area contributed by atoms with Crippen molar-refractivity contribution >= 4 is 32.8 Å². The largest absolute Gasteiger partial charge is 0.349 e. The normalized spacial score (nSPS) is 13.2. The van der Waals surface area contributed by atoms with E-state index in [2.05, 4.69) is 23.4 Å². The van der Waals surface area contributed by atoms with Crippen LogP contribution in [0, 0.1) is 0 Å². The molecule has 0 atom stereocenters. The zero-order valence-corrected chi connectivity index (χ0v) is 11.9. The molecule has 7 nitrogen and oxygen atoms in total. The number of nitrogens with one attached hydrogen (secondary N) is 2. The van der Waals surface area contributed by atoms with Crippen LogP contribution in [0.15, 0.2) is 44.2 Å². The number of nitrogens with zero attached hydrogens (tertiary/aromatic N) is 3. The van der Waals surface area contributed by atoms with Gasteiger partial charge >= 0.3 is 0 Å². The van der Waals surface area contributed by atoms with Gasteiger partial charge in [-0.3, -0.25) is 0 Å². The highest BCUT2D eigenvalue weighted by Gasteiger charge is 2.21. The topological polar surface area (TPSA) is 99.6 Å². The van der Waals surface area contributed by atoms with Crippen molar-refractivity contribution in [3.8, 4) is 0 Å². The lowest BCUT2D eigenvalue weighted by Crippen LogP contribution is -2.26. The highest BCUT2D eigenvalue weighted by molar-refractivity contribution is 7.89. The number of aromatic amines is 1. The molecule has 20 heavy (non-hydrogen) atoms. The van der Waals surface area contributed by atoms with Crippen LogP contribution in [0.2, 0.25) is 0 Å². The molecule has 104 valence electrons. The van der Waals surface area contributed by atoms with E-state index in [1.54, 1.807) is 24.5 Å². The molecule has 0 saturated heterocycles. The molecule has 0 fully saturated rings. The Kier molecular flexibility index (Phi) is 3.47. The maximum atomic E-state index is 12.3. The summed E-state index contributed by atoms with van der Waals surface area (Å²) in [7, 11) is -3.60. The molecule has 0 aliphatic carbocycles. The molecule has 1 aliphatic heterocycles. The van der Waals surface area contributed by atoms with Gasteiger partial charge in [0.25, 0.3) is 0 Å². The number of sulfonamides is 1. The molecule has 0 unspecified atom stereocenters. The summed E-state index contributed by atoms with van der Waals surface area (Å²) >= 11 is 0.998. The Hall–Kier alpha value is -1.84. The maximum Gasteiger partial charge on any atom is 0.242 e. The molecule has 9 heteroatoms. The molecular weight excluding hydrogens is 298 g/mol. The van der Waals surface area contributed by atoms with Gasteiger partial charge in [-0.1, -0.05) is 6.07 Å². The standard InChI is InChI=1S/C11H11N5O2S2/c17-20(18,14-5-4-10-12-6-7-13-10)9-3-1-2-8-11(9)16-19-15-8/h1-3,6-7,14H,4-5H2,(H,12,13). The molecule has 0 amide bonds. The lowest BCUT2D eigenvalue weighted by atomic mass is 10.3. The van der Waals surface area contributed by atoms with E-state index in [0.717, 1.165) is 17.2 Å². The summed E-state index contributed by atoms with van der Waals surface area (Å²) in [5.41, 5.74) is 0.993. The lowest BCUT2D eigenvalue weighted by Gasteiger charge is -2.08. The summed E-state index contributed by atoms with van der Waals surface area (Å²) in [6.45, 7) is 0.268. The molecule has 0 bridgehead atoms. The molecule has 2 heterocycles. The van der Waals surface area contributed by atoms with Crippen molar-refractivity contribution in [2.24, 2.45) is 8.73 Å². The second kappa shape index (κ2) is 5.27. The number of imidazole rings is 1. The summed E-state index contributed by atoms with van der Waals surface area (Å²) in [6, 6.07) is 4.92. The smallest absolute Gasteiger partial charge is 0.242 e. The zero-order valence-electron chi connectivity index (χ0n) is 10.3. The average Bonchev–Trinajstić information content (AvgIpc) is 3.08. The third kappa shape index (κ3) is 2.55. The van der Waals surface area contributed by atoms with Crippen LogP contribution in [0.4, 0.5) is 11.4 Å². The molecule has 3 rings (SSSR count). The number of hydrogen-bond acceptors (Lipinski definition) is 5. The number of aromatic nitrogens is 2. The van der Waals surface area contributed by atoms with E-state index in [9.17, 15) is 8.42 Å². The first kappa shape index (κ1) is 13.2. The Balaban J connectivity index is 1.76. The second-order valence-corrected chi connectivity index (χ2v) is 6.34. The number of benzene rings is 1. The monoisotopic (exact) mass is 309 g/mol. The van der Waals surface area contributed by atoms with Crippen molar-refractivity contribution in [3.63, 3.8) is 0 Å². The van der Waals surface area contributed by atoms with E-state index in [4.69, 9.17) is 0 Å². The summed E-state index contributed by atoms with van der Waals surface area (Å²) in [6.07, 6.45) is 3.83. The highest BCUT2D eigenvalue weighted by Crippen LogP contribution is 2.37. The van der Waals surface area contributed by atoms with Crippen LogP contribution in [0.25, 0.3) is 0 Å². The van der Waals surface area contributed by atoms with Gasteiger partial charge in [0.2, 0.25) is 10.0 Å². The number of rotatable bonds is 5. The average molecular weight is 309 g/mol. The van der Waals surface area contributed by atoms with Crippen LogP contribution in [0.5, 0.6) is 0 Å². The highest BCUT2D eigenvalue weighted by atomic mass is 32.2. The van der Waals surface area contributed by atoms with E-state index in [-0.39, 0.29) is 11.4 Å². The van der Waals surface area contributed by atoms with Crippen molar-refractivity contribution in [2.75, 3.05) is 6.54 Å². The van der Waals surface area contributed by atoms with Crippen molar-refractivity contribution < 1.29 is 8.42 Å². The Labute approximate surface area is 119 Å². The Bertz CT molecular complexity index is 792. The van der Waals surface area contributed by atoms with Crippen LogP contribution in [-0.2, 0) is 27.8 Å². The summed E-state index contributed by atoms with van der Waals surface area (Å²) in [5, 5.41) is 0. The number of fused-ring (bicyclic) bond motifs is 1. The van der Waals surface area contributed by atoms with Crippen molar-refractivity contribution in [1.29, 1.82) is 0 Å². The van der Waals surface area contributed by atoms with Gasteiger partial charge in [0.1, 0.15) is 22.1 Å². The van der Waals surface area contributed by atoms with Gasteiger partial charge in [0, 0.05) is 25.4 Å². The number of H-pyrrole nitrogens is 1. The van der Waals surface area contributed by atoms with Crippen LogP contribution in [0.3, 0.4) is 0 Å². The van der Waals surface area contributed by atoms with Crippen LogP contribution >= 0.6 is 0 Å². The van der Waals surface area contributed by atoms with E-state index in [1.807, 2.05) is 0 Å². The van der Waals surface area contributed by atoms with E-state index < -0.39 is 10.0 Å². The molecule has 1 aliphatic rings. The predicted octanol–water partition coefficient (Wildman–Crippen LogP) is 1.66. The van der Waals surface area contributed by atoms with Gasteiger partial charge in [-0.2, -0.15) is 8.73 Å². The second-order valence-electron chi connectivity index (χ2n) is 4.07. The Morgan fingerprint density at radius 1 is 1.30 bits per heavy atom. The fraction of sp³-hybridized carbons (Fsp3) is 0.182. The summed E-state index contributed by atoms with van der Waals surface area (Å²) in [4.78, 5) is 7.12. The third-order valence-electron chi connectivity index (χ3n) is 2.75. The summed E-state index contributed by atoms with van der Waals surface area (Å²) < 4.78 is 35.2. The minimum atomic E-state index is -3.60. The number of hydrogen-bond donors (Lipinski definition) is 2. The molecule has 2 aromatic rings. The predicted molar refractivity (Wildman–Crippen MR) is 75.5 cm³/mol. The van der Waals surface area contributed by atoms with Crippen LogP contribution in [-0.4, -0.2) is 24.9 Å². The molecular formula is C11H11N5O2S2. The van der Waals surface area contributed by atoms with Gasteiger partial charge in [0.05, 0.1) is 11.4 Å². The van der Waals surface area contributed by atoms with Crippen molar-refractivity contribution in [2.45, 2.75) is 11.3 Å². The molecule has 1 aromatic heterocycles. The van der Waals surface area contributed by atoms with Gasteiger partial charge in [-0.25, -0.2) is 18.1 Å². The minimum absolute atomic E-state index is 0.156. The fourth-order valence-electron chi connectivity index (χ4n) is 1.81. The molecule has 1 aromatic carbocycles. The SMILES string of the molecule is O=S(=O)(NCCc1ncc[nH]1)c1cccc2c1N=S=N2. The fourth-order valence-corrected chi connectivity index (χ4v) is 3.61. The van der Waals surface area contributed by atoms with Gasteiger partial charge < -0.3 is 4.98 Å².